The molecule has 0 radical (unpaired) electrons. The van der Waals surface area contributed by atoms with Gasteiger partial charge in [-0.25, -0.2) is 14.8 Å². The van der Waals surface area contributed by atoms with Gasteiger partial charge in [0.15, 0.2) is 5.82 Å². The summed E-state index contributed by atoms with van der Waals surface area (Å²) in [4.78, 5) is 77.8. The number of carboxylic acid groups (broad SMARTS) is 1. The van der Waals surface area contributed by atoms with E-state index in [-0.39, 0.29) is 68.4 Å². The van der Waals surface area contributed by atoms with Crippen molar-refractivity contribution in [3.63, 3.8) is 0 Å². The highest BCUT2D eigenvalue weighted by Gasteiger charge is 2.60. The number of hydrogen-bond acceptors (Lipinski definition) is 10. The van der Waals surface area contributed by atoms with E-state index in [2.05, 4.69) is 10.3 Å². The summed E-state index contributed by atoms with van der Waals surface area (Å²) in [5.41, 5.74) is 0.728. The zero-order chi connectivity index (χ0) is 33.5. The molecule has 3 amide bonds. The molecule has 5 rings (SSSR count). The minimum absolute atomic E-state index is 0.0316. The van der Waals surface area contributed by atoms with Crippen molar-refractivity contribution in [1.82, 2.24) is 25.1 Å². The third-order valence-corrected chi connectivity index (χ3v) is 8.88. The lowest BCUT2D eigenvalue weighted by molar-refractivity contribution is -0.145. The average molecular weight is 651 g/mol. The summed E-state index contributed by atoms with van der Waals surface area (Å²) in [6, 6.07) is 9.64. The molecule has 2 saturated heterocycles. The number of aliphatic carboxylic acids is 1. The predicted molar refractivity (Wildman–Crippen MR) is 169 cm³/mol. The first-order valence-corrected chi connectivity index (χ1v) is 16.3. The molecule has 47 heavy (non-hydrogen) atoms. The number of rotatable bonds is 13. The number of carbonyl (C=O) groups excluding carboxylic acids is 4. The third kappa shape index (κ3) is 8.16. The Kier molecular flexibility index (Phi) is 10.9. The van der Waals surface area contributed by atoms with Crippen molar-refractivity contribution >= 4 is 35.7 Å². The van der Waals surface area contributed by atoms with Gasteiger partial charge in [-0.1, -0.05) is 43.7 Å². The fourth-order valence-corrected chi connectivity index (χ4v) is 6.21. The van der Waals surface area contributed by atoms with Gasteiger partial charge in [-0.3, -0.25) is 19.2 Å². The van der Waals surface area contributed by atoms with Gasteiger partial charge in [0.05, 0.1) is 19.1 Å². The number of nitrogens with one attached hydrogen (secondary N) is 1. The van der Waals surface area contributed by atoms with Gasteiger partial charge in [0.1, 0.15) is 17.6 Å². The van der Waals surface area contributed by atoms with Gasteiger partial charge >= 0.3 is 18.0 Å². The normalized spacial score (nSPS) is 20.6. The van der Waals surface area contributed by atoms with E-state index in [0.29, 0.717) is 43.5 Å². The van der Waals surface area contributed by atoms with E-state index in [4.69, 9.17) is 14.5 Å². The first kappa shape index (κ1) is 33.6. The number of ether oxygens (including phenoxy) is 2. The molecule has 4 atom stereocenters. The summed E-state index contributed by atoms with van der Waals surface area (Å²) in [7, 11) is 0. The summed E-state index contributed by atoms with van der Waals surface area (Å²) in [5.74, 6) is -1.32. The molecular formula is C33H42N6O8. The van der Waals surface area contributed by atoms with Crippen LogP contribution in [0.1, 0.15) is 50.0 Å². The molecule has 3 aliphatic rings. The summed E-state index contributed by atoms with van der Waals surface area (Å²) >= 11 is 0. The molecule has 3 fully saturated rings. The molecule has 14 nitrogen and oxygen atoms in total. The van der Waals surface area contributed by atoms with Crippen molar-refractivity contribution in [2.75, 3.05) is 57.4 Å². The summed E-state index contributed by atoms with van der Waals surface area (Å²) < 4.78 is 10.5. The molecule has 3 heterocycles. The van der Waals surface area contributed by atoms with Crippen LogP contribution in [0.25, 0.3) is 11.4 Å². The van der Waals surface area contributed by atoms with Crippen LogP contribution in [-0.4, -0.2) is 113 Å². The van der Waals surface area contributed by atoms with Gasteiger partial charge in [-0.2, -0.15) is 0 Å². The van der Waals surface area contributed by atoms with Crippen molar-refractivity contribution < 1.29 is 38.6 Å². The zero-order valence-corrected chi connectivity index (χ0v) is 26.8. The minimum Gasteiger partial charge on any atom is -0.481 e. The Bertz CT molecular complexity index is 1450. The number of hydrogen-bond donors (Lipinski definition) is 2. The minimum atomic E-state index is -1.12. The van der Waals surface area contributed by atoms with Crippen molar-refractivity contribution in [2.24, 2.45) is 17.8 Å². The number of unbranched alkanes of at least 4 members (excludes halogenated alkanes) is 1. The van der Waals surface area contributed by atoms with Crippen LogP contribution in [0.4, 0.5) is 10.6 Å². The molecule has 0 unspecified atom stereocenters. The molecule has 0 spiro atoms. The molecule has 2 N–H and O–H groups in total. The maximum Gasteiger partial charge on any atom is 0.409 e. The molecule has 0 bridgehead atoms. The van der Waals surface area contributed by atoms with Crippen LogP contribution < -0.4 is 10.2 Å². The topological polar surface area (TPSA) is 172 Å². The molecule has 1 aromatic heterocycles. The van der Waals surface area contributed by atoms with E-state index < -0.39 is 29.9 Å². The quantitative estimate of drug-likeness (QED) is 0.241. The second-order valence-corrected chi connectivity index (χ2v) is 12.1. The van der Waals surface area contributed by atoms with E-state index in [1.54, 1.807) is 13.0 Å². The lowest BCUT2D eigenvalue weighted by Crippen LogP contribution is -2.56. The fourth-order valence-electron chi connectivity index (χ4n) is 6.21. The van der Waals surface area contributed by atoms with E-state index in [1.807, 2.05) is 42.2 Å². The smallest absolute Gasteiger partial charge is 0.409 e. The molecular weight excluding hydrogens is 608 g/mol. The monoisotopic (exact) mass is 650 g/mol. The largest absolute Gasteiger partial charge is 0.481 e. The molecule has 1 aromatic carbocycles. The number of carboxylic acids is 1. The van der Waals surface area contributed by atoms with Gasteiger partial charge in [-0.15, -0.1) is 0 Å². The average Bonchev–Trinajstić information content (AvgIpc) is 3.59. The van der Waals surface area contributed by atoms with E-state index >= 15 is 0 Å². The Morgan fingerprint density at radius 1 is 0.957 bits per heavy atom. The van der Waals surface area contributed by atoms with Crippen molar-refractivity contribution in [1.29, 1.82) is 0 Å². The van der Waals surface area contributed by atoms with E-state index in [1.165, 1.54) is 9.80 Å². The molecule has 1 aliphatic carbocycles. The van der Waals surface area contributed by atoms with Crippen LogP contribution in [0.2, 0.25) is 0 Å². The van der Waals surface area contributed by atoms with Crippen LogP contribution in [-0.2, 0) is 23.9 Å². The number of aromatic nitrogens is 2. The number of piperazine rings is 1. The van der Waals surface area contributed by atoms with E-state index in [9.17, 15) is 29.1 Å². The Morgan fingerprint density at radius 3 is 2.28 bits per heavy atom. The molecule has 252 valence electrons. The van der Waals surface area contributed by atoms with Gasteiger partial charge in [0.25, 0.3) is 5.91 Å². The summed E-state index contributed by atoms with van der Waals surface area (Å²) in [5, 5.41) is 12.1. The maximum absolute atomic E-state index is 13.7. The van der Waals surface area contributed by atoms with Crippen LogP contribution >= 0.6 is 0 Å². The Balaban J connectivity index is 1.30. The second kappa shape index (κ2) is 15.2. The van der Waals surface area contributed by atoms with E-state index in [0.717, 1.165) is 12.8 Å². The van der Waals surface area contributed by atoms with Gasteiger partial charge < -0.3 is 34.6 Å². The number of benzene rings is 1. The highest BCUT2D eigenvalue weighted by Crippen LogP contribution is 2.53. The number of amides is 3. The van der Waals surface area contributed by atoms with Gasteiger partial charge in [0, 0.05) is 57.3 Å². The van der Waals surface area contributed by atoms with Crippen LogP contribution in [0, 0.1) is 17.8 Å². The molecule has 14 heteroatoms. The van der Waals surface area contributed by atoms with Crippen LogP contribution in [0.5, 0.6) is 0 Å². The maximum atomic E-state index is 13.7. The van der Waals surface area contributed by atoms with Crippen LogP contribution in [0.15, 0.2) is 36.4 Å². The van der Waals surface area contributed by atoms with Crippen molar-refractivity contribution in [3.05, 3.63) is 42.1 Å². The first-order valence-electron chi connectivity index (χ1n) is 16.3. The number of anilines is 1. The number of nitrogens with zero attached hydrogens (tertiary/aromatic N) is 5. The predicted octanol–water partition coefficient (Wildman–Crippen LogP) is 2.43. The Hall–Kier alpha value is -4.75. The number of carbonyl (C=O) groups is 5. The standard InChI is InChI=1S/C33H42N6O8/c1-3-5-17-47-33(45)38-15-13-37(14-16-38)31(43)24(11-12-27(40)41)35-30(42)25-18-26(36-29(34-25)21-9-7-6-8-10-21)39-19-22-23(20-39)28(22)32(44)46-4-2/h6-10,18,22-24,28H,3-5,11-17,19-20H2,1-2H3,(H,35,42)(H,40,41)/t22-,23+,24-,28+/m0/s1. The van der Waals surface area contributed by atoms with Crippen molar-refractivity contribution in [2.45, 2.75) is 45.6 Å². The Morgan fingerprint density at radius 2 is 1.64 bits per heavy atom. The third-order valence-electron chi connectivity index (χ3n) is 8.88. The second-order valence-electron chi connectivity index (χ2n) is 12.1. The SMILES string of the molecule is CCCCOC(=O)N1CCN(C(=O)[C@H](CCC(=O)O)NC(=O)c2cc(N3C[C@@H]4[C@H](C3)[C@H]4C(=O)OCC)nc(-c3ccccc3)n2)CC1. The summed E-state index contributed by atoms with van der Waals surface area (Å²) in [6.45, 7) is 6.60. The molecule has 1 saturated carbocycles. The van der Waals surface area contributed by atoms with Crippen molar-refractivity contribution in [3.8, 4) is 11.4 Å². The lowest BCUT2D eigenvalue weighted by atomic mass is 10.1. The summed E-state index contributed by atoms with van der Waals surface area (Å²) in [6.07, 6.45) is 0.794. The zero-order valence-electron chi connectivity index (χ0n) is 26.8. The number of esters is 1. The number of piperidine rings is 1. The highest BCUT2D eigenvalue weighted by atomic mass is 16.6. The van der Waals surface area contributed by atoms with Crippen LogP contribution in [0.3, 0.4) is 0 Å². The fraction of sp³-hybridized carbons (Fsp3) is 0.545. The first-order chi connectivity index (χ1) is 22.7. The molecule has 2 aromatic rings. The highest BCUT2D eigenvalue weighted by molar-refractivity contribution is 5.97. The van der Waals surface area contributed by atoms with Gasteiger partial charge in [0.2, 0.25) is 5.91 Å². The lowest BCUT2D eigenvalue weighted by Gasteiger charge is -2.36. The Labute approximate surface area is 273 Å². The number of fused-ring (bicyclic) bond motifs is 1. The molecule has 2 aliphatic heterocycles. The van der Waals surface area contributed by atoms with Gasteiger partial charge in [-0.05, 0) is 31.6 Å².